The molecule has 0 radical (unpaired) electrons. The zero-order chi connectivity index (χ0) is 13.4. The Morgan fingerprint density at radius 2 is 1.89 bits per heavy atom. The molecule has 2 unspecified atom stereocenters. The smallest absolute Gasteiger partial charge is 0.253 e. The highest BCUT2D eigenvalue weighted by Crippen LogP contribution is 2.26. The van der Waals surface area contributed by atoms with Crippen LogP contribution < -0.4 is 5.32 Å². The van der Waals surface area contributed by atoms with E-state index >= 15 is 0 Å². The molecule has 1 aromatic rings. The van der Waals surface area contributed by atoms with E-state index in [0.717, 1.165) is 31.7 Å². The number of fused-ring (bicyclic) bond motifs is 1. The van der Waals surface area contributed by atoms with E-state index in [2.05, 4.69) is 31.3 Å². The Bertz CT molecular complexity index is 493. The van der Waals surface area contributed by atoms with Crippen LogP contribution >= 0.6 is 11.8 Å². The van der Waals surface area contributed by atoms with Crippen LogP contribution in [0.1, 0.15) is 35.3 Å². The number of nitrogens with zero attached hydrogens (tertiary/aromatic N) is 1. The molecule has 1 saturated heterocycles. The highest BCUT2D eigenvalue weighted by atomic mass is 32.2. The third-order valence-corrected chi connectivity index (χ3v) is 5.02. The van der Waals surface area contributed by atoms with Crippen LogP contribution in [0, 0.1) is 0 Å². The van der Waals surface area contributed by atoms with E-state index in [4.69, 9.17) is 0 Å². The van der Waals surface area contributed by atoms with E-state index in [9.17, 15) is 4.79 Å². The average molecular weight is 276 g/mol. The zero-order valence-electron chi connectivity index (χ0n) is 11.5. The minimum Gasteiger partial charge on any atom is -0.336 e. The topological polar surface area (TPSA) is 32.3 Å². The maximum Gasteiger partial charge on any atom is 0.253 e. The number of nitrogens with one attached hydrogen (secondary N) is 1. The molecule has 2 aliphatic rings. The van der Waals surface area contributed by atoms with Crippen LogP contribution in [-0.2, 0) is 13.1 Å². The van der Waals surface area contributed by atoms with Crippen molar-refractivity contribution in [2.45, 2.75) is 37.4 Å². The lowest BCUT2D eigenvalue weighted by molar-refractivity contribution is 0.0753. The maximum absolute atomic E-state index is 12.6. The predicted molar refractivity (Wildman–Crippen MR) is 79.4 cm³/mol. The van der Waals surface area contributed by atoms with Gasteiger partial charge in [0.1, 0.15) is 0 Å². The van der Waals surface area contributed by atoms with Gasteiger partial charge in [0.05, 0.1) is 0 Å². The molecular formula is C15H20N2OS. The maximum atomic E-state index is 12.6. The first-order valence-corrected chi connectivity index (χ1v) is 7.85. The summed E-state index contributed by atoms with van der Waals surface area (Å²) in [5, 5.41) is 4.38. The van der Waals surface area contributed by atoms with Gasteiger partial charge in [0.25, 0.3) is 5.91 Å². The quantitative estimate of drug-likeness (QED) is 0.854. The van der Waals surface area contributed by atoms with E-state index in [0.29, 0.717) is 10.5 Å². The number of benzene rings is 1. The number of rotatable bonds is 1. The van der Waals surface area contributed by atoms with Gasteiger partial charge in [0.2, 0.25) is 0 Å². The number of carbonyl (C=O) groups is 1. The number of hydrogen-bond donors (Lipinski definition) is 1. The van der Waals surface area contributed by atoms with Gasteiger partial charge in [-0.25, -0.2) is 0 Å². The summed E-state index contributed by atoms with van der Waals surface area (Å²) in [6, 6.07) is 6.13. The van der Waals surface area contributed by atoms with Crippen LogP contribution in [0.5, 0.6) is 0 Å². The molecule has 2 atom stereocenters. The highest BCUT2D eigenvalue weighted by molar-refractivity contribution is 8.00. The first kappa shape index (κ1) is 13.0. The summed E-state index contributed by atoms with van der Waals surface area (Å²) in [7, 11) is 0. The van der Waals surface area contributed by atoms with E-state index in [1.54, 1.807) is 0 Å². The Morgan fingerprint density at radius 3 is 2.63 bits per heavy atom. The minimum absolute atomic E-state index is 0.189. The Hall–Kier alpha value is -1.00. The molecule has 1 fully saturated rings. The number of amides is 1. The molecule has 102 valence electrons. The van der Waals surface area contributed by atoms with Crippen molar-refractivity contribution in [3.8, 4) is 0 Å². The molecule has 3 nitrogen and oxygen atoms in total. The van der Waals surface area contributed by atoms with Gasteiger partial charge in [-0.15, -0.1) is 0 Å². The van der Waals surface area contributed by atoms with Crippen molar-refractivity contribution in [1.29, 1.82) is 0 Å². The van der Waals surface area contributed by atoms with E-state index < -0.39 is 0 Å². The van der Waals surface area contributed by atoms with Gasteiger partial charge >= 0.3 is 0 Å². The van der Waals surface area contributed by atoms with Gasteiger partial charge in [0.15, 0.2) is 0 Å². The second kappa shape index (κ2) is 5.17. The molecule has 2 aliphatic heterocycles. The van der Waals surface area contributed by atoms with Gasteiger partial charge in [-0.05, 0) is 23.3 Å². The fourth-order valence-corrected chi connectivity index (χ4v) is 4.28. The van der Waals surface area contributed by atoms with Gasteiger partial charge in [-0.2, -0.15) is 11.8 Å². The summed E-state index contributed by atoms with van der Waals surface area (Å²) in [5.41, 5.74) is 3.44. The highest BCUT2D eigenvalue weighted by Gasteiger charge is 2.27. The third kappa shape index (κ3) is 2.65. The molecule has 4 heteroatoms. The molecule has 3 rings (SSSR count). The summed E-state index contributed by atoms with van der Waals surface area (Å²) in [6.45, 7) is 7.95. The third-order valence-electron chi connectivity index (χ3n) is 3.79. The number of hydrogen-bond acceptors (Lipinski definition) is 3. The second-order valence-electron chi connectivity index (χ2n) is 5.55. The van der Waals surface area contributed by atoms with Crippen molar-refractivity contribution in [3.63, 3.8) is 0 Å². The molecule has 1 N–H and O–H groups in total. The Kier molecular flexibility index (Phi) is 3.54. The van der Waals surface area contributed by atoms with Crippen LogP contribution in [0.2, 0.25) is 0 Å². The summed E-state index contributed by atoms with van der Waals surface area (Å²) in [4.78, 5) is 14.6. The van der Waals surface area contributed by atoms with Crippen molar-refractivity contribution >= 4 is 17.7 Å². The summed E-state index contributed by atoms with van der Waals surface area (Å²) >= 11 is 1.97. The normalized spacial score (nSPS) is 26.3. The number of thioether (sulfide) groups is 1. The first-order chi connectivity index (χ1) is 9.13. The summed E-state index contributed by atoms with van der Waals surface area (Å²) in [6.07, 6.45) is 0. The lowest BCUT2D eigenvalue weighted by Gasteiger charge is -2.34. The molecule has 1 amide bonds. The fourth-order valence-electron chi connectivity index (χ4n) is 2.95. The molecule has 0 aliphatic carbocycles. The molecule has 2 heterocycles. The lowest BCUT2D eigenvalue weighted by atomic mass is 10.1. The van der Waals surface area contributed by atoms with Gasteiger partial charge in [-0.3, -0.25) is 4.79 Å². The van der Waals surface area contributed by atoms with Crippen molar-refractivity contribution in [3.05, 3.63) is 34.9 Å². The molecule has 0 bridgehead atoms. The molecule has 1 aromatic carbocycles. The zero-order valence-corrected chi connectivity index (χ0v) is 12.3. The fraction of sp³-hybridized carbons (Fsp3) is 0.533. The summed E-state index contributed by atoms with van der Waals surface area (Å²) in [5.74, 6) is 0.189. The SMILES string of the molecule is CC1CN(C(=O)c2ccc3c(c2)CNC3)CC(C)S1. The molecule has 0 spiro atoms. The van der Waals surface area contributed by atoms with Crippen molar-refractivity contribution in [2.75, 3.05) is 13.1 Å². The minimum atomic E-state index is 0.189. The molecule has 0 saturated carbocycles. The van der Waals surface area contributed by atoms with E-state index in [1.165, 1.54) is 11.1 Å². The largest absolute Gasteiger partial charge is 0.336 e. The van der Waals surface area contributed by atoms with E-state index in [1.807, 2.05) is 22.7 Å². The number of carbonyl (C=O) groups excluding carboxylic acids is 1. The molecular weight excluding hydrogens is 256 g/mol. The van der Waals surface area contributed by atoms with Crippen molar-refractivity contribution < 1.29 is 4.79 Å². The van der Waals surface area contributed by atoms with Gasteiger partial charge in [0, 0.05) is 42.2 Å². The van der Waals surface area contributed by atoms with Crippen LogP contribution in [0.25, 0.3) is 0 Å². The average Bonchev–Trinajstić information content (AvgIpc) is 2.83. The van der Waals surface area contributed by atoms with Crippen molar-refractivity contribution in [2.24, 2.45) is 0 Å². The Balaban J connectivity index is 1.80. The second-order valence-corrected chi connectivity index (χ2v) is 7.44. The van der Waals surface area contributed by atoms with Crippen LogP contribution in [0.4, 0.5) is 0 Å². The van der Waals surface area contributed by atoms with Gasteiger partial charge in [-0.1, -0.05) is 19.9 Å². The lowest BCUT2D eigenvalue weighted by Crippen LogP contribution is -2.44. The van der Waals surface area contributed by atoms with Gasteiger partial charge < -0.3 is 10.2 Å². The predicted octanol–water partition coefficient (Wildman–Crippen LogP) is 2.26. The van der Waals surface area contributed by atoms with Crippen LogP contribution in [0.3, 0.4) is 0 Å². The van der Waals surface area contributed by atoms with Crippen molar-refractivity contribution in [1.82, 2.24) is 10.2 Å². The van der Waals surface area contributed by atoms with E-state index in [-0.39, 0.29) is 5.91 Å². The molecule has 19 heavy (non-hydrogen) atoms. The van der Waals surface area contributed by atoms with Crippen LogP contribution in [-0.4, -0.2) is 34.4 Å². The van der Waals surface area contributed by atoms with Crippen LogP contribution in [0.15, 0.2) is 18.2 Å². The molecule has 0 aromatic heterocycles. The Labute approximate surface area is 118 Å². The first-order valence-electron chi connectivity index (χ1n) is 6.91. The summed E-state index contributed by atoms with van der Waals surface area (Å²) < 4.78 is 0. The standard InChI is InChI=1S/C15H20N2OS/c1-10-8-17(9-11(2)19-10)15(18)12-3-4-13-6-16-7-14(13)5-12/h3-5,10-11,16H,6-9H2,1-2H3. The monoisotopic (exact) mass is 276 g/mol. The Morgan fingerprint density at radius 1 is 1.21 bits per heavy atom.